The number of methoxy groups -OCH3 is 2. The molecule has 6 nitrogen and oxygen atoms in total. The Morgan fingerprint density at radius 2 is 2.00 bits per heavy atom. The molecule has 0 radical (unpaired) electrons. The maximum absolute atomic E-state index is 13.7. The summed E-state index contributed by atoms with van der Waals surface area (Å²) in [5, 5.41) is 2.80. The molecule has 0 saturated carbocycles. The van der Waals surface area contributed by atoms with Crippen molar-refractivity contribution in [3.8, 4) is 11.5 Å². The number of benzene rings is 1. The van der Waals surface area contributed by atoms with E-state index in [2.05, 4.69) is 15.3 Å². The highest BCUT2D eigenvalue weighted by molar-refractivity contribution is 5.68. The van der Waals surface area contributed by atoms with E-state index in [0.717, 1.165) is 0 Å². The fourth-order valence-electron chi connectivity index (χ4n) is 1.53. The van der Waals surface area contributed by atoms with Crippen molar-refractivity contribution in [2.45, 2.75) is 0 Å². The third-order valence-corrected chi connectivity index (χ3v) is 2.46. The van der Waals surface area contributed by atoms with Crippen LogP contribution >= 0.6 is 0 Å². The minimum atomic E-state index is -0.444. The Labute approximate surface area is 109 Å². The summed E-state index contributed by atoms with van der Waals surface area (Å²) in [6.45, 7) is 0. The van der Waals surface area contributed by atoms with Gasteiger partial charge in [-0.15, -0.1) is 0 Å². The van der Waals surface area contributed by atoms with Gasteiger partial charge in [0.25, 0.3) is 0 Å². The number of nitrogens with zero attached hydrogens (tertiary/aromatic N) is 2. The van der Waals surface area contributed by atoms with E-state index in [1.807, 2.05) is 0 Å². The van der Waals surface area contributed by atoms with Crippen molar-refractivity contribution in [3.05, 3.63) is 30.3 Å². The molecule has 0 aliphatic rings. The molecule has 2 rings (SSSR count). The second kappa shape index (κ2) is 5.38. The third kappa shape index (κ3) is 2.65. The van der Waals surface area contributed by atoms with Crippen molar-refractivity contribution >= 4 is 17.3 Å². The molecule has 1 aromatic heterocycles. The average Bonchev–Trinajstić information content (AvgIpc) is 2.41. The lowest BCUT2D eigenvalue weighted by Crippen LogP contribution is -2.03. The summed E-state index contributed by atoms with van der Waals surface area (Å²) < 4.78 is 23.8. The van der Waals surface area contributed by atoms with Gasteiger partial charge in [-0.05, 0) is 12.1 Å². The number of anilines is 3. The van der Waals surface area contributed by atoms with Gasteiger partial charge < -0.3 is 20.5 Å². The zero-order chi connectivity index (χ0) is 13.8. The smallest absolute Gasteiger partial charge is 0.204 e. The number of nitrogens with two attached hydrogens (primary N) is 1. The first-order valence-electron chi connectivity index (χ1n) is 5.40. The number of rotatable bonds is 4. The summed E-state index contributed by atoms with van der Waals surface area (Å²) in [4.78, 5) is 7.76. The fraction of sp³-hybridized carbons (Fsp3) is 0.167. The van der Waals surface area contributed by atoms with Crippen molar-refractivity contribution in [2.24, 2.45) is 0 Å². The van der Waals surface area contributed by atoms with E-state index in [4.69, 9.17) is 15.2 Å². The molecule has 0 bridgehead atoms. The van der Waals surface area contributed by atoms with E-state index in [0.29, 0.717) is 5.75 Å². The SMILES string of the molecule is COc1ccc(F)c(Nc2ncnc(N)c2OC)c1. The van der Waals surface area contributed by atoms with Gasteiger partial charge in [0, 0.05) is 6.07 Å². The van der Waals surface area contributed by atoms with Crippen molar-refractivity contribution in [3.63, 3.8) is 0 Å². The Balaban J connectivity index is 2.38. The molecule has 0 aliphatic carbocycles. The van der Waals surface area contributed by atoms with Crippen LogP contribution in [0.15, 0.2) is 24.5 Å². The second-order valence-corrected chi connectivity index (χ2v) is 3.61. The lowest BCUT2D eigenvalue weighted by atomic mass is 10.3. The molecule has 100 valence electrons. The van der Waals surface area contributed by atoms with Crippen molar-refractivity contribution < 1.29 is 13.9 Å². The first-order valence-corrected chi connectivity index (χ1v) is 5.40. The van der Waals surface area contributed by atoms with Gasteiger partial charge in [0.15, 0.2) is 11.6 Å². The fourth-order valence-corrected chi connectivity index (χ4v) is 1.53. The molecular formula is C12H13FN4O2. The highest BCUT2D eigenvalue weighted by Gasteiger charge is 2.12. The molecule has 19 heavy (non-hydrogen) atoms. The minimum absolute atomic E-state index is 0.170. The van der Waals surface area contributed by atoms with Crippen LogP contribution in [0.5, 0.6) is 11.5 Å². The quantitative estimate of drug-likeness (QED) is 0.878. The molecule has 0 aliphatic heterocycles. The maximum Gasteiger partial charge on any atom is 0.204 e. The van der Waals surface area contributed by atoms with Crippen LogP contribution in [0.1, 0.15) is 0 Å². The number of halogens is 1. The van der Waals surface area contributed by atoms with Crippen LogP contribution in [0.25, 0.3) is 0 Å². The van der Waals surface area contributed by atoms with E-state index in [1.165, 1.54) is 38.7 Å². The van der Waals surface area contributed by atoms with Gasteiger partial charge in [0.05, 0.1) is 19.9 Å². The monoisotopic (exact) mass is 264 g/mol. The van der Waals surface area contributed by atoms with Crippen LogP contribution in [0.4, 0.5) is 21.7 Å². The molecule has 0 fully saturated rings. The molecule has 3 N–H and O–H groups in total. The Morgan fingerprint density at radius 1 is 1.21 bits per heavy atom. The van der Waals surface area contributed by atoms with E-state index in [1.54, 1.807) is 0 Å². The molecule has 0 spiro atoms. The molecule has 1 aromatic carbocycles. The number of hydrogen-bond acceptors (Lipinski definition) is 6. The maximum atomic E-state index is 13.7. The number of aromatic nitrogens is 2. The van der Waals surface area contributed by atoms with Gasteiger partial charge in [-0.25, -0.2) is 14.4 Å². The topological polar surface area (TPSA) is 82.3 Å². The van der Waals surface area contributed by atoms with Crippen molar-refractivity contribution in [2.75, 3.05) is 25.3 Å². The largest absolute Gasteiger partial charge is 0.497 e. The number of nitrogens with one attached hydrogen (secondary N) is 1. The van der Waals surface area contributed by atoms with Crippen LogP contribution < -0.4 is 20.5 Å². The zero-order valence-corrected chi connectivity index (χ0v) is 10.5. The molecule has 0 unspecified atom stereocenters. The van der Waals surface area contributed by atoms with Crippen LogP contribution in [0.3, 0.4) is 0 Å². The predicted octanol–water partition coefficient (Wildman–Crippen LogP) is 1.96. The standard InChI is InChI=1S/C12H13FN4O2/c1-18-7-3-4-8(13)9(5-7)17-12-10(19-2)11(14)15-6-16-12/h3-6H,1-2H3,(H3,14,15,16,17). The Morgan fingerprint density at radius 3 is 2.68 bits per heavy atom. The summed E-state index contributed by atoms with van der Waals surface area (Å²) in [5.74, 6) is 0.778. The molecule has 7 heteroatoms. The molecule has 1 heterocycles. The first-order chi connectivity index (χ1) is 9.15. The van der Waals surface area contributed by atoms with E-state index in [9.17, 15) is 4.39 Å². The van der Waals surface area contributed by atoms with Crippen LogP contribution in [0.2, 0.25) is 0 Å². The lowest BCUT2D eigenvalue weighted by Gasteiger charge is -2.12. The average molecular weight is 264 g/mol. The molecular weight excluding hydrogens is 251 g/mol. The highest BCUT2D eigenvalue weighted by atomic mass is 19.1. The van der Waals surface area contributed by atoms with Gasteiger partial charge in [0.1, 0.15) is 17.9 Å². The highest BCUT2D eigenvalue weighted by Crippen LogP contribution is 2.31. The van der Waals surface area contributed by atoms with Gasteiger partial charge >= 0.3 is 0 Å². The molecule has 0 atom stereocenters. The summed E-state index contributed by atoms with van der Waals surface area (Å²) in [6, 6.07) is 4.32. The number of ether oxygens (including phenoxy) is 2. The van der Waals surface area contributed by atoms with Gasteiger partial charge in [-0.1, -0.05) is 0 Å². The Hall–Kier alpha value is -2.57. The summed E-state index contributed by atoms with van der Waals surface area (Å²) in [5.41, 5.74) is 5.85. The van der Waals surface area contributed by atoms with Gasteiger partial charge in [-0.3, -0.25) is 0 Å². The molecule has 0 saturated heterocycles. The molecule has 0 amide bonds. The first kappa shape index (κ1) is 12.9. The Bertz CT molecular complexity index is 592. The minimum Gasteiger partial charge on any atom is -0.497 e. The summed E-state index contributed by atoms with van der Waals surface area (Å²) in [6.07, 6.45) is 1.26. The number of hydrogen-bond donors (Lipinski definition) is 2. The van der Waals surface area contributed by atoms with E-state index in [-0.39, 0.29) is 23.1 Å². The van der Waals surface area contributed by atoms with E-state index >= 15 is 0 Å². The molecule has 2 aromatic rings. The zero-order valence-electron chi connectivity index (χ0n) is 10.5. The van der Waals surface area contributed by atoms with Crippen LogP contribution in [0, 0.1) is 5.82 Å². The van der Waals surface area contributed by atoms with Crippen molar-refractivity contribution in [1.82, 2.24) is 9.97 Å². The predicted molar refractivity (Wildman–Crippen MR) is 69.2 cm³/mol. The van der Waals surface area contributed by atoms with Crippen LogP contribution in [-0.2, 0) is 0 Å². The third-order valence-electron chi connectivity index (χ3n) is 2.46. The Kier molecular flexibility index (Phi) is 3.65. The van der Waals surface area contributed by atoms with Crippen molar-refractivity contribution in [1.29, 1.82) is 0 Å². The lowest BCUT2D eigenvalue weighted by molar-refractivity contribution is 0.413. The summed E-state index contributed by atoms with van der Waals surface area (Å²) >= 11 is 0. The number of nitrogen functional groups attached to an aromatic ring is 1. The normalized spacial score (nSPS) is 10.1. The summed E-state index contributed by atoms with van der Waals surface area (Å²) in [7, 11) is 2.93. The van der Waals surface area contributed by atoms with Gasteiger partial charge in [0.2, 0.25) is 5.75 Å². The van der Waals surface area contributed by atoms with Crippen LogP contribution in [-0.4, -0.2) is 24.2 Å². The van der Waals surface area contributed by atoms with Gasteiger partial charge in [-0.2, -0.15) is 0 Å². The van der Waals surface area contributed by atoms with E-state index < -0.39 is 5.82 Å². The second-order valence-electron chi connectivity index (χ2n) is 3.61.